The Morgan fingerprint density at radius 3 is 2.63 bits per heavy atom. The summed E-state index contributed by atoms with van der Waals surface area (Å²) in [6.45, 7) is 0. The van der Waals surface area contributed by atoms with Crippen LogP contribution >= 0.6 is 0 Å². The lowest BCUT2D eigenvalue weighted by molar-refractivity contribution is -0.111. The van der Waals surface area contributed by atoms with Crippen molar-refractivity contribution in [1.29, 1.82) is 10.8 Å². The van der Waals surface area contributed by atoms with Gasteiger partial charge in [0.05, 0.1) is 12.8 Å². The Morgan fingerprint density at radius 2 is 2.05 bits per heavy atom. The Bertz CT molecular complexity index is 551. The van der Waals surface area contributed by atoms with Gasteiger partial charge in [-0.15, -0.1) is 0 Å². The Hall–Kier alpha value is -2.83. The second kappa shape index (κ2) is 6.20. The summed E-state index contributed by atoms with van der Waals surface area (Å²) in [5, 5.41) is 16.9. The van der Waals surface area contributed by atoms with Crippen LogP contribution in [0.25, 0.3) is 0 Å². The summed E-state index contributed by atoms with van der Waals surface area (Å²) >= 11 is 0. The molecule has 1 aromatic rings. The maximum Gasteiger partial charge on any atom is 0.250 e. The van der Waals surface area contributed by atoms with E-state index in [4.69, 9.17) is 27.0 Å². The number of nitrogens with one attached hydrogen (secondary N) is 3. The number of amidine groups is 1. The van der Waals surface area contributed by atoms with Crippen LogP contribution in [-0.4, -0.2) is 24.6 Å². The largest absolute Gasteiger partial charge is 0.497 e. The molecule has 0 aliphatic carbocycles. The van der Waals surface area contributed by atoms with Crippen molar-refractivity contribution in [3.8, 4) is 5.75 Å². The lowest BCUT2D eigenvalue weighted by atomic mass is 10.2. The average molecular weight is 261 g/mol. The van der Waals surface area contributed by atoms with Gasteiger partial charge in [-0.1, -0.05) is 6.07 Å². The van der Waals surface area contributed by atoms with Gasteiger partial charge in [0.15, 0.2) is 0 Å². The van der Waals surface area contributed by atoms with Crippen molar-refractivity contribution in [2.24, 2.45) is 11.5 Å². The molecule has 100 valence electrons. The van der Waals surface area contributed by atoms with E-state index in [0.29, 0.717) is 11.4 Å². The quantitative estimate of drug-likeness (QED) is 0.298. The summed E-state index contributed by atoms with van der Waals surface area (Å²) < 4.78 is 5.02. The van der Waals surface area contributed by atoms with Crippen molar-refractivity contribution in [3.05, 3.63) is 36.0 Å². The van der Waals surface area contributed by atoms with Crippen molar-refractivity contribution in [1.82, 2.24) is 0 Å². The number of rotatable bonds is 5. The maximum absolute atomic E-state index is 11.6. The van der Waals surface area contributed by atoms with Gasteiger partial charge < -0.3 is 21.5 Å². The van der Waals surface area contributed by atoms with Crippen LogP contribution < -0.4 is 21.5 Å². The van der Waals surface area contributed by atoms with Gasteiger partial charge in [0.25, 0.3) is 5.91 Å². The lowest BCUT2D eigenvalue weighted by Crippen LogP contribution is -2.28. The zero-order valence-electron chi connectivity index (χ0n) is 10.4. The SMILES string of the molecule is COc1cccc(NC(=O)/C=C(/N)C(=N)C(=N)N)c1. The lowest BCUT2D eigenvalue weighted by Gasteiger charge is -2.06. The highest BCUT2D eigenvalue weighted by molar-refractivity contribution is 6.44. The second-order valence-electron chi connectivity index (χ2n) is 3.61. The van der Waals surface area contributed by atoms with Gasteiger partial charge in [-0.2, -0.15) is 0 Å². The van der Waals surface area contributed by atoms with E-state index >= 15 is 0 Å². The van der Waals surface area contributed by atoms with Gasteiger partial charge in [-0.05, 0) is 12.1 Å². The number of methoxy groups -OCH3 is 1. The van der Waals surface area contributed by atoms with Crippen molar-refractivity contribution in [2.45, 2.75) is 0 Å². The summed E-state index contributed by atoms with van der Waals surface area (Å²) in [6, 6.07) is 6.78. The van der Waals surface area contributed by atoms with Gasteiger partial charge in [0.1, 0.15) is 17.3 Å². The second-order valence-corrected chi connectivity index (χ2v) is 3.61. The van der Waals surface area contributed by atoms with E-state index in [-0.39, 0.29) is 11.4 Å². The minimum absolute atomic E-state index is 0.173. The molecule has 1 aromatic carbocycles. The monoisotopic (exact) mass is 261 g/mol. The van der Waals surface area contributed by atoms with E-state index < -0.39 is 11.7 Å². The molecule has 0 aliphatic heterocycles. The van der Waals surface area contributed by atoms with Crippen LogP contribution in [0.5, 0.6) is 5.75 Å². The van der Waals surface area contributed by atoms with Crippen LogP contribution in [0.4, 0.5) is 5.69 Å². The minimum atomic E-state index is -0.517. The molecule has 0 radical (unpaired) electrons. The third kappa shape index (κ3) is 4.15. The van der Waals surface area contributed by atoms with Crippen LogP contribution in [0.15, 0.2) is 36.0 Å². The van der Waals surface area contributed by atoms with E-state index in [2.05, 4.69) is 5.32 Å². The van der Waals surface area contributed by atoms with Crippen molar-refractivity contribution in [2.75, 3.05) is 12.4 Å². The summed E-state index contributed by atoms with van der Waals surface area (Å²) in [5.74, 6) is -0.411. The molecule has 1 amide bonds. The predicted molar refractivity (Wildman–Crippen MR) is 73.5 cm³/mol. The Balaban J connectivity index is 2.77. The van der Waals surface area contributed by atoms with Gasteiger partial charge >= 0.3 is 0 Å². The molecule has 19 heavy (non-hydrogen) atoms. The van der Waals surface area contributed by atoms with Crippen molar-refractivity contribution >= 4 is 23.1 Å². The van der Waals surface area contributed by atoms with Crippen LogP contribution in [0.2, 0.25) is 0 Å². The fourth-order valence-corrected chi connectivity index (χ4v) is 1.25. The molecule has 0 saturated carbocycles. The maximum atomic E-state index is 11.6. The first-order valence-corrected chi connectivity index (χ1v) is 5.29. The molecule has 0 saturated heterocycles. The molecule has 1 rings (SSSR count). The molecular formula is C12H15N5O2. The molecule has 0 aliphatic rings. The van der Waals surface area contributed by atoms with E-state index in [0.717, 1.165) is 6.08 Å². The molecular weight excluding hydrogens is 246 g/mol. The number of amides is 1. The molecule has 0 unspecified atom stereocenters. The fourth-order valence-electron chi connectivity index (χ4n) is 1.25. The van der Waals surface area contributed by atoms with Gasteiger partial charge in [0, 0.05) is 17.8 Å². The number of ether oxygens (including phenoxy) is 1. The highest BCUT2D eigenvalue weighted by Crippen LogP contribution is 2.16. The molecule has 7 heteroatoms. The van der Waals surface area contributed by atoms with Crippen LogP contribution in [0, 0.1) is 10.8 Å². The van der Waals surface area contributed by atoms with E-state index in [9.17, 15) is 4.79 Å². The number of carbonyl (C=O) groups is 1. The van der Waals surface area contributed by atoms with Gasteiger partial charge in [-0.3, -0.25) is 15.6 Å². The Kier molecular flexibility index (Phi) is 4.64. The van der Waals surface area contributed by atoms with Crippen LogP contribution in [0.3, 0.4) is 0 Å². The first-order chi connectivity index (χ1) is 8.93. The molecule has 7 N–H and O–H groups in total. The van der Waals surface area contributed by atoms with Crippen molar-refractivity contribution in [3.63, 3.8) is 0 Å². The predicted octanol–water partition coefficient (Wildman–Crippen LogP) is 0.432. The smallest absolute Gasteiger partial charge is 0.250 e. The first-order valence-electron chi connectivity index (χ1n) is 5.29. The number of carbonyl (C=O) groups excluding carboxylic acids is 1. The summed E-state index contributed by atoms with van der Waals surface area (Å²) in [5.41, 5.74) is 10.5. The third-order valence-corrected chi connectivity index (χ3v) is 2.18. The fraction of sp³-hybridized carbons (Fsp3) is 0.0833. The Labute approximate surface area is 110 Å². The van der Waals surface area contributed by atoms with E-state index in [1.165, 1.54) is 7.11 Å². The number of hydrogen-bond acceptors (Lipinski definition) is 5. The highest BCUT2D eigenvalue weighted by atomic mass is 16.5. The van der Waals surface area contributed by atoms with Crippen LogP contribution in [0.1, 0.15) is 0 Å². The number of benzene rings is 1. The molecule has 0 fully saturated rings. The summed E-state index contributed by atoms with van der Waals surface area (Å²) in [6.07, 6.45) is 1.00. The minimum Gasteiger partial charge on any atom is -0.497 e. The molecule has 7 nitrogen and oxygen atoms in total. The average Bonchev–Trinajstić information content (AvgIpc) is 2.37. The Morgan fingerprint density at radius 1 is 1.37 bits per heavy atom. The highest BCUT2D eigenvalue weighted by Gasteiger charge is 2.07. The van der Waals surface area contributed by atoms with Gasteiger partial charge in [-0.25, -0.2) is 0 Å². The number of anilines is 1. The summed E-state index contributed by atoms with van der Waals surface area (Å²) in [4.78, 5) is 11.6. The zero-order valence-corrected chi connectivity index (χ0v) is 10.4. The van der Waals surface area contributed by atoms with Crippen molar-refractivity contribution < 1.29 is 9.53 Å². The molecule has 0 heterocycles. The first kappa shape index (κ1) is 14.2. The number of hydrogen-bond donors (Lipinski definition) is 5. The normalized spacial score (nSPS) is 10.7. The molecule has 0 atom stereocenters. The van der Waals surface area contributed by atoms with E-state index in [1.54, 1.807) is 24.3 Å². The zero-order chi connectivity index (χ0) is 14.4. The van der Waals surface area contributed by atoms with Crippen LogP contribution in [-0.2, 0) is 4.79 Å². The molecule has 0 bridgehead atoms. The molecule has 0 spiro atoms. The topological polar surface area (TPSA) is 138 Å². The van der Waals surface area contributed by atoms with E-state index in [1.807, 2.05) is 0 Å². The number of nitrogens with two attached hydrogens (primary N) is 2. The summed E-state index contributed by atoms with van der Waals surface area (Å²) in [7, 11) is 1.52. The molecule has 0 aromatic heterocycles. The third-order valence-electron chi connectivity index (χ3n) is 2.18. The standard InChI is InChI=1S/C12H15N5O2/c1-19-8-4-2-3-7(5-8)17-10(18)6-9(13)11(14)12(15)16/h2-6,14H,13H2,1H3,(H3,15,16)(H,17,18)/b9-6+,14-11?. The van der Waals surface area contributed by atoms with Gasteiger partial charge in [0.2, 0.25) is 0 Å².